The molecule has 0 radical (unpaired) electrons. The number of rotatable bonds is 8. The maximum atomic E-state index is 12.9. The van der Waals surface area contributed by atoms with Crippen LogP contribution in [0, 0.1) is 5.92 Å². The molecule has 1 rings (SSSR count). The highest BCUT2D eigenvalue weighted by Crippen LogP contribution is 2.29. The average molecular weight is 268 g/mol. The summed E-state index contributed by atoms with van der Waals surface area (Å²) in [5, 5.41) is 0. The van der Waals surface area contributed by atoms with E-state index in [0.29, 0.717) is 25.6 Å². The van der Waals surface area contributed by atoms with Crippen LogP contribution in [0.15, 0.2) is 0 Å². The zero-order chi connectivity index (χ0) is 13.8. The van der Waals surface area contributed by atoms with Crippen molar-refractivity contribution >= 4 is 0 Å². The molecule has 108 valence electrons. The Kier molecular flexibility index (Phi) is 5.88. The predicted octanol–water partition coefficient (Wildman–Crippen LogP) is 2.01. The van der Waals surface area contributed by atoms with E-state index in [0.717, 1.165) is 0 Å². The van der Waals surface area contributed by atoms with E-state index in [-0.39, 0.29) is 6.54 Å². The van der Waals surface area contributed by atoms with Gasteiger partial charge in [-0.25, -0.2) is 0 Å². The molecule has 0 aromatic heterocycles. The van der Waals surface area contributed by atoms with Crippen molar-refractivity contribution < 1.29 is 17.9 Å². The van der Waals surface area contributed by atoms with Crippen molar-refractivity contribution in [2.24, 2.45) is 11.7 Å². The topological polar surface area (TPSA) is 38.5 Å². The second-order valence-corrected chi connectivity index (χ2v) is 5.06. The smallest absolute Gasteiger partial charge is 0.380 e. The maximum Gasteiger partial charge on any atom is 0.405 e. The fraction of sp³-hybridized carbons (Fsp3) is 1.00. The van der Waals surface area contributed by atoms with Crippen LogP contribution >= 0.6 is 0 Å². The van der Waals surface area contributed by atoms with Crippen LogP contribution in [0.5, 0.6) is 0 Å². The molecular formula is C12H23F3N2O. The van der Waals surface area contributed by atoms with Crippen molar-refractivity contribution in [1.82, 2.24) is 4.90 Å². The molecule has 1 aliphatic carbocycles. The van der Waals surface area contributed by atoms with E-state index in [1.54, 1.807) is 6.92 Å². The van der Waals surface area contributed by atoms with Gasteiger partial charge in [0.05, 0.1) is 6.61 Å². The molecule has 3 nitrogen and oxygen atoms in total. The van der Waals surface area contributed by atoms with Crippen molar-refractivity contribution in [3.05, 3.63) is 0 Å². The minimum atomic E-state index is -4.29. The Balaban J connectivity index is 2.34. The lowest BCUT2D eigenvalue weighted by Gasteiger charge is -2.33. The van der Waals surface area contributed by atoms with Crippen LogP contribution in [-0.4, -0.2) is 50.0 Å². The lowest BCUT2D eigenvalue weighted by atomic mass is 10.1. The van der Waals surface area contributed by atoms with Crippen LogP contribution in [0.3, 0.4) is 0 Å². The van der Waals surface area contributed by atoms with Gasteiger partial charge in [0.1, 0.15) is 6.04 Å². The molecule has 0 spiro atoms. The third-order valence-electron chi connectivity index (χ3n) is 3.33. The molecule has 2 unspecified atom stereocenters. The van der Waals surface area contributed by atoms with E-state index >= 15 is 0 Å². The molecule has 0 heterocycles. The summed E-state index contributed by atoms with van der Waals surface area (Å²) < 4.78 is 44.0. The molecule has 0 saturated heterocycles. The van der Waals surface area contributed by atoms with Crippen LogP contribution < -0.4 is 5.73 Å². The lowest BCUT2D eigenvalue weighted by molar-refractivity contribution is -0.187. The highest BCUT2D eigenvalue weighted by Gasteiger charge is 2.45. The van der Waals surface area contributed by atoms with E-state index in [1.165, 1.54) is 24.8 Å². The number of ether oxygens (including phenoxy) is 1. The summed E-state index contributed by atoms with van der Waals surface area (Å²) in [6.45, 7) is 2.92. The van der Waals surface area contributed by atoms with Gasteiger partial charge in [0.25, 0.3) is 0 Å². The summed E-state index contributed by atoms with van der Waals surface area (Å²) in [6.07, 6.45) is -1.62. The second-order valence-electron chi connectivity index (χ2n) is 5.06. The largest absolute Gasteiger partial charge is 0.405 e. The molecule has 1 saturated carbocycles. The molecule has 1 fully saturated rings. The van der Waals surface area contributed by atoms with Crippen molar-refractivity contribution in [2.75, 3.05) is 26.8 Å². The zero-order valence-electron chi connectivity index (χ0n) is 11.0. The number of hydrogen-bond donors (Lipinski definition) is 1. The van der Waals surface area contributed by atoms with Gasteiger partial charge in [-0.15, -0.1) is 0 Å². The normalized spacial score (nSPS) is 20.2. The maximum absolute atomic E-state index is 12.9. The van der Waals surface area contributed by atoms with Gasteiger partial charge in [-0.05, 0) is 32.2 Å². The Bertz CT molecular complexity index is 244. The van der Waals surface area contributed by atoms with Gasteiger partial charge in [-0.1, -0.05) is 6.92 Å². The monoisotopic (exact) mass is 268 g/mol. The number of nitrogens with zero attached hydrogens (tertiary/aromatic N) is 1. The lowest BCUT2D eigenvalue weighted by Crippen LogP contribution is -2.55. The van der Waals surface area contributed by atoms with Gasteiger partial charge in [0.15, 0.2) is 0 Å². The summed E-state index contributed by atoms with van der Waals surface area (Å²) in [7, 11) is 1.45. The van der Waals surface area contributed by atoms with Crippen molar-refractivity contribution in [2.45, 2.75) is 44.4 Å². The molecule has 0 aliphatic heterocycles. The van der Waals surface area contributed by atoms with Gasteiger partial charge in [-0.2, -0.15) is 13.2 Å². The Morgan fingerprint density at radius 1 is 1.39 bits per heavy atom. The molecule has 18 heavy (non-hydrogen) atoms. The first kappa shape index (κ1) is 15.7. The molecule has 0 bridgehead atoms. The number of likely N-dealkylation sites (N-methyl/N-ethyl adjacent to an activating group) is 1. The van der Waals surface area contributed by atoms with Crippen LogP contribution in [0.4, 0.5) is 13.2 Å². The Morgan fingerprint density at radius 3 is 2.44 bits per heavy atom. The van der Waals surface area contributed by atoms with Crippen LogP contribution in [-0.2, 0) is 4.74 Å². The Hall–Kier alpha value is -0.330. The van der Waals surface area contributed by atoms with Gasteiger partial charge >= 0.3 is 6.18 Å². The first-order chi connectivity index (χ1) is 8.36. The van der Waals surface area contributed by atoms with Crippen molar-refractivity contribution in [3.63, 3.8) is 0 Å². The predicted molar refractivity (Wildman–Crippen MR) is 64.3 cm³/mol. The van der Waals surface area contributed by atoms with Crippen molar-refractivity contribution in [3.8, 4) is 0 Å². The van der Waals surface area contributed by atoms with E-state index in [1.807, 2.05) is 0 Å². The summed E-state index contributed by atoms with van der Waals surface area (Å²) >= 11 is 0. The van der Waals surface area contributed by atoms with Crippen LogP contribution in [0.2, 0.25) is 0 Å². The zero-order valence-corrected chi connectivity index (χ0v) is 11.0. The van der Waals surface area contributed by atoms with Crippen LogP contribution in [0.25, 0.3) is 0 Å². The van der Waals surface area contributed by atoms with Crippen molar-refractivity contribution in [1.29, 1.82) is 0 Å². The number of halogens is 3. The van der Waals surface area contributed by atoms with Gasteiger partial charge in [-0.3, -0.25) is 4.90 Å². The number of hydrogen-bond acceptors (Lipinski definition) is 3. The summed E-state index contributed by atoms with van der Waals surface area (Å²) in [6, 6.07) is -2.48. The highest BCUT2D eigenvalue weighted by atomic mass is 19.4. The SMILES string of the molecule is CCC(N)C(N(C)CCOCC1CC1)C(F)(F)F. The fourth-order valence-corrected chi connectivity index (χ4v) is 1.92. The highest BCUT2D eigenvalue weighted by molar-refractivity contribution is 4.86. The van der Waals surface area contributed by atoms with E-state index in [2.05, 4.69) is 0 Å². The third kappa shape index (κ3) is 5.12. The van der Waals surface area contributed by atoms with E-state index in [4.69, 9.17) is 10.5 Å². The standard InChI is InChI=1S/C12H23F3N2O/c1-3-10(16)11(12(13,14)15)17(2)6-7-18-8-9-4-5-9/h9-11H,3-8,16H2,1-2H3. The summed E-state index contributed by atoms with van der Waals surface area (Å²) in [4.78, 5) is 1.25. The van der Waals surface area contributed by atoms with E-state index in [9.17, 15) is 13.2 Å². The third-order valence-corrected chi connectivity index (χ3v) is 3.33. The molecule has 1 aliphatic rings. The average Bonchev–Trinajstić information content (AvgIpc) is 3.06. The Labute approximate surface area is 106 Å². The summed E-state index contributed by atoms with van der Waals surface area (Å²) in [5.41, 5.74) is 5.56. The van der Waals surface area contributed by atoms with Crippen LogP contribution in [0.1, 0.15) is 26.2 Å². The summed E-state index contributed by atoms with van der Waals surface area (Å²) in [5.74, 6) is 0.631. The number of alkyl halides is 3. The van der Waals surface area contributed by atoms with E-state index < -0.39 is 18.3 Å². The minimum absolute atomic E-state index is 0.255. The minimum Gasteiger partial charge on any atom is -0.380 e. The molecule has 0 aromatic rings. The fourth-order valence-electron chi connectivity index (χ4n) is 1.92. The second kappa shape index (κ2) is 6.73. The first-order valence-corrected chi connectivity index (χ1v) is 6.46. The van der Waals surface area contributed by atoms with Gasteiger partial charge < -0.3 is 10.5 Å². The Morgan fingerprint density at radius 2 is 2.00 bits per heavy atom. The molecule has 2 N–H and O–H groups in total. The molecule has 0 amide bonds. The first-order valence-electron chi connectivity index (χ1n) is 6.46. The molecule has 0 aromatic carbocycles. The molecule has 2 atom stereocenters. The molecular weight excluding hydrogens is 245 g/mol. The van der Waals surface area contributed by atoms with Gasteiger partial charge in [0, 0.05) is 19.2 Å². The van der Waals surface area contributed by atoms with Gasteiger partial charge in [0.2, 0.25) is 0 Å². The quantitative estimate of drug-likeness (QED) is 0.684. The number of nitrogens with two attached hydrogens (primary N) is 1. The molecule has 6 heteroatoms.